The molecule has 2 aliphatic heterocycles. The Morgan fingerprint density at radius 1 is 1.46 bits per heavy atom. The maximum atomic E-state index is 11.9. The van der Waals surface area contributed by atoms with E-state index in [1.54, 1.807) is 19.1 Å². The molecule has 6 nitrogen and oxygen atoms in total. The minimum atomic E-state index is -0.605. The lowest BCUT2D eigenvalue weighted by Gasteiger charge is -2.16. The number of carbonyl (C=O) groups is 1. The summed E-state index contributed by atoms with van der Waals surface area (Å²) in [6, 6.07) is 5.56. The monoisotopic (exact) mass is 331 g/mol. The average molecular weight is 331 g/mol. The highest BCUT2D eigenvalue weighted by molar-refractivity contribution is 5.95. The smallest absolute Gasteiger partial charge is 0.230 e. The van der Waals surface area contributed by atoms with Crippen LogP contribution in [0.1, 0.15) is 18.4 Å². The van der Waals surface area contributed by atoms with Crippen molar-refractivity contribution in [3.8, 4) is 17.6 Å². The highest BCUT2D eigenvalue weighted by Gasteiger charge is 2.35. The number of fused-ring (bicyclic) bond motifs is 1. The predicted molar refractivity (Wildman–Crippen MR) is 88.0 cm³/mol. The van der Waals surface area contributed by atoms with E-state index in [1.165, 1.54) is 0 Å². The van der Waals surface area contributed by atoms with E-state index in [-0.39, 0.29) is 24.7 Å². The number of ether oxygens (including phenoxy) is 3. The Morgan fingerprint density at radius 3 is 3.08 bits per heavy atom. The Morgan fingerprint density at radius 2 is 2.29 bits per heavy atom. The number of anilines is 1. The van der Waals surface area contributed by atoms with Crippen LogP contribution >= 0.6 is 0 Å². The standard InChI is InChI=1S/C18H21NO5/c1-19-13-10-12(6-7-15(13)23-9-8-17(19)21)4-3-5-16-18(22-2)14(20)11-24-16/h6-7,10,14,16,18,20H,5,8-9,11H2,1-2H3/t14-,16+,18+/m0/s1. The van der Waals surface area contributed by atoms with Gasteiger partial charge in [0.15, 0.2) is 0 Å². The van der Waals surface area contributed by atoms with E-state index in [0.717, 1.165) is 11.3 Å². The third kappa shape index (κ3) is 3.39. The highest BCUT2D eigenvalue weighted by atomic mass is 16.6. The van der Waals surface area contributed by atoms with Gasteiger partial charge in [-0.25, -0.2) is 0 Å². The zero-order valence-electron chi connectivity index (χ0n) is 13.8. The number of hydrogen-bond acceptors (Lipinski definition) is 5. The van der Waals surface area contributed by atoms with Gasteiger partial charge in [0.1, 0.15) is 18.0 Å². The number of benzene rings is 1. The van der Waals surface area contributed by atoms with Crippen molar-refractivity contribution in [2.24, 2.45) is 0 Å². The zero-order valence-corrected chi connectivity index (χ0v) is 13.8. The van der Waals surface area contributed by atoms with Crippen LogP contribution in [0.15, 0.2) is 18.2 Å². The first-order valence-electron chi connectivity index (χ1n) is 7.95. The number of carbonyl (C=O) groups excluding carboxylic acids is 1. The summed E-state index contributed by atoms with van der Waals surface area (Å²) in [5.41, 5.74) is 1.53. The number of aliphatic hydroxyl groups excluding tert-OH is 1. The van der Waals surface area contributed by atoms with Crippen molar-refractivity contribution in [1.82, 2.24) is 0 Å². The van der Waals surface area contributed by atoms with E-state index in [2.05, 4.69) is 11.8 Å². The van der Waals surface area contributed by atoms with Crippen LogP contribution in [0.3, 0.4) is 0 Å². The number of rotatable bonds is 2. The lowest BCUT2D eigenvalue weighted by atomic mass is 10.1. The largest absolute Gasteiger partial charge is 0.491 e. The fourth-order valence-corrected chi connectivity index (χ4v) is 2.93. The van der Waals surface area contributed by atoms with E-state index in [9.17, 15) is 9.90 Å². The molecule has 0 unspecified atom stereocenters. The number of aliphatic hydroxyl groups is 1. The van der Waals surface area contributed by atoms with Crippen molar-refractivity contribution < 1.29 is 24.1 Å². The second kappa shape index (κ2) is 7.22. The van der Waals surface area contributed by atoms with Crippen molar-refractivity contribution in [3.05, 3.63) is 23.8 Å². The average Bonchev–Trinajstić information content (AvgIpc) is 2.87. The molecule has 1 N–H and O–H groups in total. The van der Waals surface area contributed by atoms with Crippen molar-refractivity contribution in [2.45, 2.75) is 31.2 Å². The second-order valence-corrected chi connectivity index (χ2v) is 5.88. The SMILES string of the molecule is CO[C@@H]1[C@@H](O)CO[C@@H]1CC#Cc1ccc2c(c1)N(C)C(=O)CCO2. The molecule has 1 aromatic rings. The topological polar surface area (TPSA) is 68.2 Å². The number of methoxy groups -OCH3 is 1. The fraction of sp³-hybridized carbons (Fsp3) is 0.500. The molecule has 24 heavy (non-hydrogen) atoms. The minimum Gasteiger partial charge on any atom is -0.491 e. The molecule has 1 amide bonds. The second-order valence-electron chi connectivity index (χ2n) is 5.88. The summed E-state index contributed by atoms with van der Waals surface area (Å²) in [6.45, 7) is 0.662. The molecular weight excluding hydrogens is 310 g/mol. The highest BCUT2D eigenvalue weighted by Crippen LogP contribution is 2.31. The van der Waals surface area contributed by atoms with Gasteiger partial charge in [0, 0.05) is 26.1 Å². The quantitative estimate of drug-likeness (QED) is 0.817. The molecule has 0 aliphatic carbocycles. The Bertz CT molecular complexity index is 678. The predicted octanol–water partition coefficient (Wildman–Crippen LogP) is 0.948. The summed E-state index contributed by atoms with van der Waals surface area (Å²) in [6.07, 6.45) is -0.343. The van der Waals surface area contributed by atoms with Gasteiger partial charge in [-0.05, 0) is 18.2 Å². The Labute approximate surface area is 141 Å². The molecule has 2 aliphatic rings. The molecule has 128 valence electrons. The Balaban J connectivity index is 1.73. The van der Waals surface area contributed by atoms with Crippen LogP contribution < -0.4 is 9.64 Å². The summed E-state index contributed by atoms with van der Waals surface area (Å²) in [5, 5.41) is 9.74. The van der Waals surface area contributed by atoms with Crippen LogP contribution in [0.2, 0.25) is 0 Å². The third-order valence-corrected chi connectivity index (χ3v) is 4.30. The Hall–Kier alpha value is -2.07. The molecule has 1 fully saturated rings. The van der Waals surface area contributed by atoms with Crippen molar-refractivity contribution in [1.29, 1.82) is 0 Å². The van der Waals surface area contributed by atoms with Crippen molar-refractivity contribution in [3.63, 3.8) is 0 Å². The first kappa shape index (κ1) is 16.8. The summed E-state index contributed by atoms with van der Waals surface area (Å²) < 4.78 is 16.3. The van der Waals surface area contributed by atoms with Crippen LogP contribution in [-0.4, -0.2) is 56.7 Å². The third-order valence-electron chi connectivity index (χ3n) is 4.30. The van der Waals surface area contributed by atoms with E-state index in [1.807, 2.05) is 18.2 Å². The van der Waals surface area contributed by atoms with E-state index in [0.29, 0.717) is 25.2 Å². The van der Waals surface area contributed by atoms with Gasteiger partial charge in [-0.1, -0.05) is 11.8 Å². The number of nitrogens with zero attached hydrogens (tertiary/aromatic N) is 1. The van der Waals surface area contributed by atoms with Gasteiger partial charge in [0.25, 0.3) is 0 Å². The summed E-state index contributed by atoms with van der Waals surface area (Å²) in [5.74, 6) is 6.86. The lowest BCUT2D eigenvalue weighted by molar-refractivity contribution is -0.118. The minimum absolute atomic E-state index is 0.0233. The maximum Gasteiger partial charge on any atom is 0.230 e. The molecule has 0 aromatic heterocycles. The first-order valence-corrected chi connectivity index (χ1v) is 7.95. The molecular formula is C18H21NO5. The van der Waals surface area contributed by atoms with Crippen molar-refractivity contribution in [2.75, 3.05) is 32.3 Å². The molecule has 0 radical (unpaired) electrons. The van der Waals surface area contributed by atoms with Gasteiger partial charge in [0.05, 0.1) is 31.4 Å². The van der Waals surface area contributed by atoms with Crippen LogP contribution in [-0.2, 0) is 14.3 Å². The van der Waals surface area contributed by atoms with Gasteiger partial charge in [-0.15, -0.1) is 0 Å². The van der Waals surface area contributed by atoms with Crippen LogP contribution in [0.4, 0.5) is 5.69 Å². The molecule has 0 saturated carbocycles. The van der Waals surface area contributed by atoms with Crippen LogP contribution in [0.5, 0.6) is 5.75 Å². The normalized spacial score (nSPS) is 26.2. The van der Waals surface area contributed by atoms with Gasteiger partial charge in [-0.2, -0.15) is 0 Å². The summed E-state index contributed by atoms with van der Waals surface area (Å²) >= 11 is 0. The van der Waals surface area contributed by atoms with E-state index < -0.39 is 6.10 Å². The molecule has 3 atom stereocenters. The molecule has 1 saturated heterocycles. The molecule has 3 rings (SSSR count). The molecule has 1 aromatic carbocycles. The summed E-state index contributed by atoms with van der Waals surface area (Å²) in [7, 11) is 3.30. The number of amides is 1. The zero-order chi connectivity index (χ0) is 17.1. The van der Waals surface area contributed by atoms with Crippen molar-refractivity contribution >= 4 is 11.6 Å². The molecule has 6 heteroatoms. The van der Waals surface area contributed by atoms with Gasteiger partial charge < -0.3 is 24.2 Å². The summed E-state index contributed by atoms with van der Waals surface area (Å²) in [4.78, 5) is 13.5. The van der Waals surface area contributed by atoms with Crippen LogP contribution in [0.25, 0.3) is 0 Å². The fourth-order valence-electron chi connectivity index (χ4n) is 2.93. The maximum absolute atomic E-state index is 11.9. The van der Waals surface area contributed by atoms with E-state index >= 15 is 0 Å². The van der Waals surface area contributed by atoms with Gasteiger partial charge in [0.2, 0.25) is 5.91 Å². The van der Waals surface area contributed by atoms with Crippen LogP contribution in [0, 0.1) is 11.8 Å². The lowest BCUT2D eigenvalue weighted by Crippen LogP contribution is -2.31. The Kier molecular flexibility index (Phi) is 5.05. The number of hydrogen-bond donors (Lipinski definition) is 1. The van der Waals surface area contributed by atoms with Gasteiger partial charge >= 0.3 is 0 Å². The van der Waals surface area contributed by atoms with Gasteiger partial charge in [-0.3, -0.25) is 4.79 Å². The molecule has 0 spiro atoms. The first-order chi connectivity index (χ1) is 11.6. The molecule has 2 heterocycles. The molecule has 0 bridgehead atoms. The van der Waals surface area contributed by atoms with E-state index in [4.69, 9.17) is 14.2 Å².